The lowest BCUT2D eigenvalue weighted by Gasteiger charge is -2.33. The molecule has 0 fully saturated rings. The van der Waals surface area contributed by atoms with Crippen LogP contribution < -0.4 is 19.7 Å². The molecule has 7 heteroatoms. The number of para-hydroxylation sites is 2. The maximum absolute atomic E-state index is 12.7. The molecular weight excluding hydrogens is 432 g/mol. The molecule has 3 aromatic rings. The van der Waals surface area contributed by atoms with Crippen molar-refractivity contribution in [2.24, 2.45) is 0 Å². The summed E-state index contributed by atoms with van der Waals surface area (Å²) in [7, 11) is 3.39. The summed E-state index contributed by atoms with van der Waals surface area (Å²) in [5, 5.41) is 2.89. The third-order valence-electron chi connectivity index (χ3n) is 5.57. The van der Waals surface area contributed by atoms with Gasteiger partial charge in [0, 0.05) is 18.3 Å². The van der Waals surface area contributed by atoms with Crippen LogP contribution in [-0.4, -0.2) is 45.3 Å². The fourth-order valence-electron chi connectivity index (χ4n) is 3.95. The van der Waals surface area contributed by atoms with E-state index in [0.29, 0.717) is 23.6 Å². The van der Waals surface area contributed by atoms with E-state index < -0.39 is 0 Å². The number of methoxy groups -OCH3 is 1. The number of hydrogen-bond acceptors (Lipinski definition) is 6. The number of anilines is 2. The predicted octanol–water partition coefficient (Wildman–Crippen LogP) is 4.24. The summed E-state index contributed by atoms with van der Waals surface area (Å²) in [4.78, 5) is 26.4. The molecule has 176 valence electrons. The molecule has 1 atom stereocenters. The number of aryl methyl sites for hydroxylation is 1. The van der Waals surface area contributed by atoms with Gasteiger partial charge in [0.15, 0.2) is 0 Å². The molecule has 0 aliphatic carbocycles. The van der Waals surface area contributed by atoms with E-state index in [1.165, 1.54) is 7.11 Å². The van der Waals surface area contributed by atoms with E-state index in [4.69, 9.17) is 14.2 Å². The average Bonchev–Trinajstić information content (AvgIpc) is 2.82. The van der Waals surface area contributed by atoms with E-state index in [1.807, 2.05) is 50.4 Å². The van der Waals surface area contributed by atoms with Crippen LogP contribution in [-0.2, 0) is 16.0 Å². The first-order chi connectivity index (χ1) is 16.4. The summed E-state index contributed by atoms with van der Waals surface area (Å²) in [6, 6.07) is 20.5. The van der Waals surface area contributed by atoms with Gasteiger partial charge in [0.2, 0.25) is 0 Å². The van der Waals surface area contributed by atoms with Crippen LogP contribution in [0.3, 0.4) is 0 Å². The number of amides is 1. The van der Waals surface area contributed by atoms with E-state index in [2.05, 4.69) is 10.2 Å². The van der Waals surface area contributed by atoms with Crippen LogP contribution in [0, 0.1) is 6.92 Å². The van der Waals surface area contributed by atoms with E-state index >= 15 is 0 Å². The number of hydrogen-bond donors (Lipinski definition) is 1. The molecule has 0 unspecified atom stereocenters. The Labute approximate surface area is 199 Å². The Kier molecular flexibility index (Phi) is 7.01. The minimum absolute atomic E-state index is 0.0941. The number of benzene rings is 3. The van der Waals surface area contributed by atoms with Gasteiger partial charge in [-0.1, -0.05) is 18.2 Å². The van der Waals surface area contributed by atoms with Crippen molar-refractivity contribution < 1.29 is 23.8 Å². The molecule has 34 heavy (non-hydrogen) atoms. The van der Waals surface area contributed by atoms with Crippen molar-refractivity contribution in [3.63, 3.8) is 0 Å². The van der Waals surface area contributed by atoms with Gasteiger partial charge in [-0.3, -0.25) is 9.59 Å². The second kappa shape index (κ2) is 10.3. The molecule has 0 aromatic heterocycles. The number of ether oxygens (including phenoxy) is 3. The maximum atomic E-state index is 12.7. The number of fused-ring (bicyclic) bond motifs is 1. The Hall–Kier alpha value is -4.00. The highest BCUT2D eigenvalue weighted by molar-refractivity contribution is 6.04. The lowest BCUT2D eigenvalue weighted by molar-refractivity contribution is -0.139. The van der Waals surface area contributed by atoms with Gasteiger partial charge in [-0.15, -0.1) is 0 Å². The zero-order valence-corrected chi connectivity index (χ0v) is 19.5. The molecule has 0 saturated heterocycles. The summed E-state index contributed by atoms with van der Waals surface area (Å²) >= 11 is 0. The Bertz CT molecular complexity index is 1180. The highest BCUT2D eigenvalue weighted by Crippen LogP contribution is 2.32. The van der Waals surface area contributed by atoms with Crippen LogP contribution in [0.25, 0.3) is 0 Å². The molecule has 0 bridgehead atoms. The normalized spacial score (nSPS) is 14.6. The van der Waals surface area contributed by atoms with Crippen LogP contribution in [0.2, 0.25) is 0 Å². The molecule has 1 aliphatic heterocycles. The molecule has 0 radical (unpaired) electrons. The minimum Gasteiger partial charge on any atom is -0.490 e. The predicted molar refractivity (Wildman–Crippen MR) is 131 cm³/mol. The SMILES string of the molecule is COC(=O)Cc1cc(C)cc(NC(=O)c2ccc(OC[C@@H]3CN(C)c4ccccc4O3)cc2)c1. The minimum atomic E-state index is -0.326. The smallest absolute Gasteiger partial charge is 0.309 e. The summed E-state index contributed by atoms with van der Waals surface area (Å²) in [6.07, 6.45) is 0.0579. The number of rotatable bonds is 7. The van der Waals surface area contributed by atoms with Crippen molar-refractivity contribution in [1.82, 2.24) is 0 Å². The standard InChI is InChI=1S/C27H28N2O5/c1-18-12-19(15-26(30)32-3)14-21(13-18)28-27(31)20-8-10-22(11-9-20)33-17-23-16-29(2)24-6-4-5-7-25(24)34-23/h4-14,23H,15-17H2,1-3H3,(H,28,31)/t23-/m0/s1. The zero-order valence-electron chi connectivity index (χ0n) is 19.5. The van der Waals surface area contributed by atoms with Gasteiger partial charge in [0.05, 0.1) is 25.8 Å². The molecule has 0 saturated carbocycles. The lowest BCUT2D eigenvalue weighted by Crippen LogP contribution is -2.41. The van der Waals surface area contributed by atoms with Gasteiger partial charge < -0.3 is 24.4 Å². The fraction of sp³-hybridized carbons (Fsp3) is 0.259. The quantitative estimate of drug-likeness (QED) is 0.532. The van der Waals surface area contributed by atoms with Crippen molar-refractivity contribution in [2.45, 2.75) is 19.4 Å². The van der Waals surface area contributed by atoms with Crippen molar-refractivity contribution in [3.8, 4) is 11.5 Å². The van der Waals surface area contributed by atoms with Crippen LogP contribution in [0.15, 0.2) is 66.7 Å². The first kappa shape index (κ1) is 23.2. The van der Waals surface area contributed by atoms with Crippen molar-refractivity contribution in [2.75, 3.05) is 37.5 Å². The Balaban J connectivity index is 1.34. The van der Waals surface area contributed by atoms with Gasteiger partial charge in [-0.25, -0.2) is 0 Å². The first-order valence-electron chi connectivity index (χ1n) is 11.1. The van der Waals surface area contributed by atoms with Crippen LogP contribution in [0.1, 0.15) is 21.5 Å². The Morgan fingerprint density at radius 3 is 2.62 bits per heavy atom. The zero-order chi connectivity index (χ0) is 24.1. The van der Waals surface area contributed by atoms with Crippen LogP contribution >= 0.6 is 0 Å². The van der Waals surface area contributed by atoms with E-state index in [9.17, 15) is 9.59 Å². The molecule has 3 aromatic carbocycles. The number of likely N-dealkylation sites (N-methyl/N-ethyl adjacent to an activating group) is 1. The van der Waals surface area contributed by atoms with Gasteiger partial charge in [0.25, 0.3) is 5.91 Å². The fourth-order valence-corrected chi connectivity index (χ4v) is 3.95. The Morgan fingerprint density at radius 1 is 1.09 bits per heavy atom. The third kappa shape index (κ3) is 5.67. The number of nitrogens with one attached hydrogen (secondary N) is 1. The largest absolute Gasteiger partial charge is 0.490 e. The average molecular weight is 461 g/mol. The summed E-state index contributed by atoms with van der Waals surface area (Å²) in [6.45, 7) is 3.04. The number of nitrogens with zero attached hydrogens (tertiary/aromatic N) is 1. The maximum Gasteiger partial charge on any atom is 0.309 e. The van der Waals surface area contributed by atoms with E-state index in [1.54, 1.807) is 30.3 Å². The third-order valence-corrected chi connectivity index (χ3v) is 5.57. The molecule has 0 spiro atoms. The van der Waals surface area contributed by atoms with Crippen molar-refractivity contribution >= 4 is 23.3 Å². The monoisotopic (exact) mass is 460 g/mol. The first-order valence-corrected chi connectivity index (χ1v) is 11.1. The highest BCUT2D eigenvalue weighted by Gasteiger charge is 2.23. The van der Waals surface area contributed by atoms with Gasteiger partial charge in [0.1, 0.15) is 24.2 Å². The van der Waals surface area contributed by atoms with Gasteiger partial charge >= 0.3 is 5.97 Å². The molecule has 7 nitrogen and oxygen atoms in total. The molecular formula is C27H28N2O5. The topological polar surface area (TPSA) is 77.1 Å². The van der Waals surface area contributed by atoms with Crippen molar-refractivity contribution in [1.29, 1.82) is 0 Å². The summed E-state index contributed by atoms with van der Waals surface area (Å²) in [5.41, 5.74) is 3.93. The summed E-state index contributed by atoms with van der Waals surface area (Å²) in [5.74, 6) is 0.948. The molecule has 1 aliphatic rings. The van der Waals surface area contributed by atoms with Crippen LogP contribution in [0.5, 0.6) is 11.5 Å². The number of carbonyl (C=O) groups excluding carboxylic acids is 2. The molecule has 1 amide bonds. The van der Waals surface area contributed by atoms with Gasteiger partial charge in [-0.2, -0.15) is 0 Å². The molecule has 1 heterocycles. The van der Waals surface area contributed by atoms with Crippen LogP contribution in [0.4, 0.5) is 11.4 Å². The number of esters is 1. The Morgan fingerprint density at radius 2 is 1.85 bits per heavy atom. The second-order valence-corrected chi connectivity index (χ2v) is 8.34. The lowest BCUT2D eigenvalue weighted by atomic mass is 10.1. The summed E-state index contributed by atoms with van der Waals surface area (Å²) < 4.78 is 16.7. The second-order valence-electron chi connectivity index (χ2n) is 8.34. The molecule has 1 N–H and O–H groups in total. The van der Waals surface area contributed by atoms with Crippen molar-refractivity contribution in [3.05, 3.63) is 83.4 Å². The molecule has 4 rings (SSSR count). The van der Waals surface area contributed by atoms with Gasteiger partial charge in [-0.05, 0) is 66.6 Å². The number of carbonyl (C=O) groups is 2. The van der Waals surface area contributed by atoms with E-state index in [0.717, 1.165) is 29.1 Å². The highest BCUT2D eigenvalue weighted by atomic mass is 16.5. The van der Waals surface area contributed by atoms with E-state index in [-0.39, 0.29) is 24.4 Å².